The van der Waals surface area contributed by atoms with Crippen LogP contribution in [0.5, 0.6) is 6.01 Å². The van der Waals surface area contributed by atoms with Crippen LogP contribution < -0.4 is 4.74 Å². The third-order valence-corrected chi connectivity index (χ3v) is 3.35. The largest absolute Gasteiger partial charge is 0.467 e. The highest BCUT2D eigenvalue weighted by Crippen LogP contribution is 2.28. The van der Waals surface area contributed by atoms with Crippen LogP contribution in [0.15, 0.2) is 12.3 Å². The summed E-state index contributed by atoms with van der Waals surface area (Å²) in [7, 11) is 2.83. The van der Waals surface area contributed by atoms with Crippen LogP contribution in [0.3, 0.4) is 0 Å². The number of carbonyl (C=O) groups excluding carboxylic acids is 1. The fourth-order valence-corrected chi connectivity index (χ4v) is 2.32. The van der Waals surface area contributed by atoms with Crippen molar-refractivity contribution >= 4 is 27.9 Å². The summed E-state index contributed by atoms with van der Waals surface area (Å²) in [6, 6.07) is 1.96. The Morgan fingerprint density at radius 1 is 1.27 bits per heavy atom. The minimum absolute atomic E-state index is 0.0575. The van der Waals surface area contributed by atoms with Crippen molar-refractivity contribution in [1.29, 1.82) is 0 Å². The molecule has 0 spiro atoms. The van der Waals surface area contributed by atoms with E-state index in [0.29, 0.717) is 27.5 Å². The van der Waals surface area contributed by atoms with Crippen LogP contribution >= 0.6 is 0 Å². The van der Waals surface area contributed by atoms with E-state index in [2.05, 4.69) is 20.3 Å². The monoisotopic (exact) mass is 301 g/mol. The molecule has 114 valence electrons. The number of nitrogens with zero attached hydrogens (tertiary/aromatic N) is 5. The number of hydrogen-bond acceptors (Lipinski definition) is 7. The van der Waals surface area contributed by atoms with E-state index >= 15 is 0 Å². The second-order valence-corrected chi connectivity index (χ2v) is 5.04. The van der Waals surface area contributed by atoms with E-state index in [1.807, 2.05) is 13.8 Å². The Hall–Kier alpha value is -2.77. The van der Waals surface area contributed by atoms with Crippen molar-refractivity contribution in [3.63, 3.8) is 0 Å². The Labute approximate surface area is 126 Å². The molecule has 1 aromatic carbocycles. The highest BCUT2D eigenvalue weighted by atomic mass is 16.5. The first-order valence-corrected chi connectivity index (χ1v) is 6.73. The number of benzene rings is 1. The lowest BCUT2D eigenvalue weighted by Gasteiger charge is -2.09. The lowest BCUT2D eigenvalue weighted by atomic mass is 10.1. The molecular formula is C14H15N5O3. The number of carbonyl (C=O) groups is 1. The van der Waals surface area contributed by atoms with Gasteiger partial charge in [0.1, 0.15) is 16.6 Å². The number of ether oxygens (including phenoxy) is 2. The topological polar surface area (TPSA) is 92.0 Å². The van der Waals surface area contributed by atoms with Crippen molar-refractivity contribution in [2.75, 3.05) is 14.2 Å². The summed E-state index contributed by atoms with van der Waals surface area (Å²) in [5, 5.41) is 8.95. The Balaban J connectivity index is 2.47. The zero-order valence-corrected chi connectivity index (χ0v) is 12.7. The second kappa shape index (κ2) is 5.21. The molecule has 0 saturated carbocycles. The average molecular weight is 301 g/mol. The molecule has 0 N–H and O–H groups in total. The zero-order valence-electron chi connectivity index (χ0n) is 12.7. The summed E-state index contributed by atoms with van der Waals surface area (Å²) in [6.07, 6.45) is 1.60. The van der Waals surface area contributed by atoms with Crippen molar-refractivity contribution in [3.05, 3.63) is 17.8 Å². The normalized spacial score (nSPS) is 11.3. The summed E-state index contributed by atoms with van der Waals surface area (Å²) in [6.45, 7) is 3.95. The van der Waals surface area contributed by atoms with Crippen molar-refractivity contribution in [3.8, 4) is 6.01 Å². The molecule has 0 unspecified atom stereocenters. The number of rotatable bonds is 3. The van der Waals surface area contributed by atoms with Crippen molar-refractivity contribution < 1.29 is 14.3 Å². The van der Waals surface area contributed by atoms with Crippen LogP contribution in [-0.4, -0.2) is 45.2 Å². The molecule has 0 radical (unpaired) electrons. The van der Waals surface area contributed by atoms with Crippen molar-refractivity contribution in [1.82, 2.24) is 25.0 Å². The Morgan fingerprint density at radius 2 is 2.05 bits per heavy atom. The minimum atomic E-state index is -0.474. The van der Waals surface area contributed by atoms with E-state index in [9.17, 15) is 4.79 Å². The molecule has 3 rings (SSSR count). The standard InChI is InChI=1S/C14H15N5O3/c1-7(2)19-12-10-8(6-15-14(16-10)22-4)5-9(13(20)21-3)11(12)17-18-19/h5-7H,1-4H3. The van der Waals surface area contributed by atoms with Gasteiger partial charge in [-0.25, -0.2) is 14.5 Å². The summed E-state index contributed by atoms with van der Waals surface area (Å²) < 4.78 is 11.6. The molecule has 22 heavy (non-hydrogen) atoms. The summed E-state index contributed by atoms with van der Waals surface area (Å²) in [4.78, 5) is 20.5. The third kappa shape index (κ3) is 2.03. The first-order chi connectivity index (χ1) is 10.6. The molecule has 8 nitrogen and oxygen atoms in total. The van der Waals surface area contributed by atoms with Gasteiger partial charge in [-0.05, 0) is 19.9 Å². The molecule has 0 fully saturated rings. The lowest BCUT2D eigenvalue weighted by Crippen LogP contribution is -2.06. The maximum atomic E-state index is 12.0. The number of aromatic nitrogens is 5. The number of methoxy groups -OCH3 is 2. The zero-order chi connectivity index (χ0) is 15.9. The van der Waals surface area contributed by atoms with Gasteiger partial charge >= 0.3 is 12.0 Å². The molecule has 0 atom stereocenters. The summed E-state index contributed by atoms with van der Waals surface area (Å²) >= 11 is 0. The number of fused-ring (bicyclic) bond motifs is 3. The molecule has 3 aromatic rings. The Kier molecular flexibility index (Phi) is 3.36. The molecule has 2 heterocycles. The smallest absolute Gasteiger partial charge is 0.340 e. The average Bonchev–Trinajstić information content (AvgIpc) is 2.98. The van der Waals surface area contributed by atoms with Gasteiger partial charge in [-0.3, -0.25) is 0 Å². The van der Waals surface area contributed by atoms with E-state index in [1.54, 1.807) is 16.9 Å². The molecule has 0 aliphatic heterocycles. The molecule has 0 aliphatic rings. The molecule has 0 amide bonds. The van der Waals surface area contributed by atoms with E-state index in [1.165, 1.54) is 14.2 Å². The van der Waals surface area contributed by atoms with E-state index in [4.69, 9.17) is 9.47 Å². The maximum Gasteiger partial charge on any atom is 0.340 e. The second-order valence-electron chi connectivity index (χ2n) is 5.04. The number of hydrogen-bond donors (Lipinski definition) is 0. The SMILES string of the molecule is COC(=O)c1cc2cnc(OC)nc2c2c1nnn2C(C)C. The molecule has 8 heteroatoms. The maximum absolute atomic E-state index is 12.0. The summed E-state index contributed by atoms with van der Waals surface area (Å²) in [5.74, 6) is -0.474. The molecule has 0 aliphatic carbocycles. The number of esters is 1. The fraction of sp³-hybridized carbons (Fsp3) is 0.357. The van der Waals surface area contributed by atoms with Gasteiger partial charge in [0.25, 0.3) is 0 Å². The highest BCUT2D eigenvalue weighted by Gasteiger charge is 2.21. The van der Waals surface area contributed by atoms with Crippen LogP contribution in [0.2, 0.25) is 0 Å². The van der Waals surface area contributed by atoms with Gasteiger partial charge in [-0.2, -0.15) is 4.98 Å². The van der Waals surface area contributed by atoms with Crippen molar-refractivity contribution in [2.24, 2.45) is 0 Å². The highest BCUT2D eigenvalue weighted by molar-refractivity contribution is 6.11. The van der Waals surface area contributed by atoms with Crippen LogP contribution in [0, 0.1) is 0 Å². The van der Waals surface area contributed by atoms with Gasteiger partial charge in [0, 0.05) is 17.6 Å². The van der Waals surface area contributed by atoms with Crippen LogP contribution in [-0.2, 0) is 4.74 Å². The lowest BCUT2D eigenvalue weighted by molar-refractivity contribution is 0.0603. The van der Waals surface area contributed by atoms with Gasteiger partial charge in [0.15, 0.2) is 0 Å². The first kappa shape index (κ1) is 14.2. The van der Waals surface area contributed by atoms with Gasteiger partial charge in [-0.1, -0.05) is 5.21 Å². The van der Waals surface area contributed by atoms with Gasteiger partial charge in [0.2, 0.25) is 0 Å². The van der Waals surface area contributed by atoms with Gasteiger partial charge in [-0.15, -0.1) is 5.10 Å². The van der Waals surface area contributed by atoms with E-state index < -0.39 is 5.97 Å². The molecule has 0 saturated heterocycles. The molecular weight excluding hydrogens is 286 g/mol. The van der Waals surface area contributed by atoms with Crippen molar-refractivity contribution in [2.45, 2.75) is 19.9 Å². The first-order valence-electron chi connectivity index (χ1n) is 6.73. The van der Waals surface area contributed by atoms with Gasteiger partial charge in [0.05, 0.1) is 19.8 Å². The van der Waals surface area contributed by atoms with Gasteiger partial charge < -0.3 is 9.47 Å². The predicted molar refractivity (Wildman–Crippen MR) is 78.9 cm³/mol. The summed E-state index contributed by atoms with van der Waals surface area (Å²) in [5.41, 5.74) is 2.08. The minimum Gasteiger partial charge on any atom is -0.467 e. The Morgan fingerprint density at radius 3 is 2.68 bits per heavy atom. The quantitative estimate of drug-likeness (QED) is 0.680. The van der Waals surface area contributed by atoms with E-state index in [0.717, 1.165) is 0 Å². The van der Waals surface area contributed by atoms with E-state index in [-0.39, 0.29) is 12.1 Å². The molecule has 0 bridgehead atoms. The van der Waals surface area contributed by atoms with Crippen LogP contribution in [0.25, 0.3) is 21.9 Å². The third-order valence-electron chi connectivity index (χ3n) is 3.35. The van der Waals surface area contributed by atoms with Crippen LogP contribution in [0.4, 0.5) is 0 Å². The van der Waals surface area contributed by atoms with Crippen LogP contribution in [0.1, 0.15) is 30.2 Å². The predicted octanol–water partition coefficient (Wildman–Crippen LogP) is 1.75. The fourth-order valence-electron chi connectivity index (χ4n) is 2.32. The Bertz CT molecular complexity index is 872. The molecule has 2 aromatic heterocycles.